The van der Waals surface area contributed by atoms with Gasteiger partial charge in [-0.15, -0.1) is 0 Å². The Hall–Kier alpha value is -3.43. The molecule has 1 aliphatic heterocycles. The first-order valence-corrected chi connectivity index (χ1v) is 14.1. The van der Waals surface area contributed by atoms with Gasteiger partial charge in [0.2, 0.25) is 10.0 Å². The second-order valence-electron chi connectivity index (χ2n) is 9.55. The normalized spacial score (nSPS) is 16.6. The topological polar surface area (TPSA) is 110 Å². The SMILES string of the molecule is N#Cc1cc(C(F)(F)F)ccc1NC(=O)C(O)(Cc1ccccc1)C1CCN(S(=O)(=O)c2cccc(Cl)c2)CC1. The first-order valence-electron chi connectivity index (χ1n) is 12.3. The predicted octanol–water partition coefficient (Wildman–Crippen LogP) is 5.24. The molecule has 1 amide bonds. The number of hydrogen-bond donors (Lipinski definition) is 2. The van der Waals surface area contributed by atoms with Gasteiger partial charge in [-0.25, -0.2) is 8.42 Å². The Morgan fingerprint density at radius 3 is 2.33 bits per heavy atom. The van der Waals surface area contributed by atoms with Crippen LogP contribution in [0.5, 0.6) is 0 Å². The Labute approximate surface area is 234 Å². The number of nitrogens with zero attached hydrogens (tertiary/aromatic N) is 2. The van der Waals surface area contributed by atoms with E-state index in [1.807, 2.05) is 0 Å². The summed E-state index contributed by atoms with van der Waals surface area (Å²) in [5.74, 6) is -1.60. The molecule has 12 heteroatoms. The highest BCUT2D eigenvalue weighted by Crippen LogP contribution is 2.36. The molecule has 0 saturated carbocycles. The summed E-state index contributed by atoms with van der Waals surface area (Å²) in [6.07, 6.45) is -4.54. The van der Waals surface area contributed by atoms with Crippen LogP contribution in [-0.2, 0) is 27.4 Å². The van der Waals surface area contributed by atoms with E-state index in [1.165, 1.54) is 22.5 Å². The number of halogens is 4. The third kappa shape index (κ3) is 6.31. The number of carbonyl (C=O) groups is 1. The van der Waals surface area contributed by atoms with Gasteiger partial charge in [0.1, 0.15) is 11.7 Å². The van der Waals surface area contributed by atoms with Crippen LogP contribution in [0.15, 0.2) is 77.7 Å². The number of aliphatic hydroxyl groups is 1. The van der Waals surface area contributed by atoms with E-state index in [1.54, 1.807) is 42.5 Å². The van der Waals surface area contributed by atoms with Crippen molar-refractivity contribution >= 4 is 33.2 Å². The second-order valence-corrected chi connectivity index (χ2v) is 11.9. The van der Waals surface area contributed by atoms with Crippen LogP contribution >= 0.6 is 11.6 Å². The zero-order valence-corrected chi connectivity index (χ0v) is 22.6. The summed E-state index contributed by atoms with van der Waals surface area (Å²) >= 11 is 5.97. The minimum Gasteiger partial charge on any atom is -0.379 e. The number of sulfonamides is 1. The maximum Gasteiger partial charge on any atom is 0.416 e. The Morgan fingerprint density at radius 1 is 1.05 bits per heavy atom. The lowest BCUT2D eigenvalue weighted by Gasteiger charge is -2.40. The molecule has 0 bridgehead atoms. The zero-order chi connectivity index (χ0) is 29.1. The minimum atomic E-state index is -4.68. The number of amides is 1. The molecule has 1 fully saturated rings. The maximum atomic E-state index is 13.6. The van der Waals surface area contributed by atoms with Crippen LogP contribution in [-0.4, -0.2) is 42.4 Å². The van der Waals surface area contributed by atoms with E-state index in [0.717, 1.165) is 12.1 Å². The predicted molar refractivity (Wildman–Crippen MR) is 143 cm³/mol. The third-order valence-electron chi connectivity index (χ3n) is 6.99. The van der Waals surface area contributed by atoms with Crippen LogP contribution in [0, 0.1) is 17.2 Å². The molecule has 3 aromatic rings. The van der Waals surface area contributed by atoms with Gasteiger partial charge >= 0.3 is 6.18 Å². The molecule has 1 aliphatic rings. The highest BCUT2D eigenvalue weighted by Gasteiger charge is 2.46. The van der Waals surface area contributed by atoms with E-state index >= 15 is 0 Å². The molecule has 2 N–H and O–H groups in total. The summed E-state index contributed by atoms with van der Waals surface area (Å²) < 4.78 is 66.9. The van der Waals surface area contributed by atoms with Crippen molar-refractivity contribution in [3.63, 3.8) is 0 Å². The molecule has 3 aromatic carbocycles. The van der Waals surface area contributed by atoms with Crippen molar-refractivity contribution in [3.05, 3.63) is 94.5 Å². The van der Waals surface area contributed by atoms with E-state index in [9.17, 15) is 36.8 Å². The zero-order valence-electron chi connectivity index (χ0n) is 21.0. The van der Waals surface area contributed by atoms with Crippen molar-refractivity contribution in [1.29, 1.82) is 5.26 Å². The Morgan fingerprint density at radius 2 is 1.73 bits per heavy atom. The van der Waals surface area contributed by atoms with E-state index in [0.29, 0.717) is 11.6 Å². The fraction of sp³-hybridized carbons (Fsp3) is 0.286. The largest absolute Gasteiger partial charge is 0.416 e. The molecule has 0 radical (unpaired) electrons. The molecule has 0 aliphatic carbocycles. The second kappa shape index (κ2) is 11.6. The first-order chi connectivity index (χ1) is 18.8. The number of carbonyl (C=O) groups excluding carboxylic acids is 1. The standard InChI is InChI=1S/C28H25ClF3N3O4S/c29-23-7-4-8-24(16-23)40(38,39)35-13-11-21(12-14-35)27(37,17-19-5-2-1-3-6-19)26(36)34-25-10-9-22(28(30,31)32)15-20(25)18-33/h1-10,15-16,21,37H,11-14,17H2,(H,34,36). The summed E-state index contributed by atoms with van der Waals surface area (Å²) in [4.78, 5) is 13.6. The summed E-state index contributed by atoms with van der Waals surface area (Å²) in [6, 6.07) is 18.5. The lowest BCUT2D eigenvalue weighted by Crippen LogP contribution is -2.54. The molecule has 1 heterocycles. The number of nitriles is 1. The average molecular weight is 592 g/mol. The van der Waals surface area contributed by atoms with Crippen LogP contribution in [0.1, 0.15) is 29.5 Å². The van der Waals surface area contributed by atoms with E-state index in [4.69, 9.17) is 11.6 Å². The number of alkyl halides is 3. The molecule has 210 valence electrons. The monoisotopic (exact) mass is 591 g/mol. The van der Waals surface area contributed by atoms with Gasteiger partial charge in [0, 0.05) is 24.5 Å². The van der Waals surface area contributed by atoms with Gasteiger partial charge in [-0.1, -0.05) is 48.0 Å². The molecule has 1 atom stereocenters. The summed E-state index contributed by atoms with van der Waals surface area (Å²) in [7, 11) is -3.87. The lowest BCUT2D eigenvalue weighted by atomic mass is 9.76. The molecular weight excluding hydrogens is 567 g/mol. The fourth-order valence-corrected chi connectivity index (χ4v) is 6.59. The molecule has 7 nitrogen and oxygen atoms in total. The van der Waals surface area contributed by atoms with E-state index in [-0.39, 0.29) is 48.0 Å². The Bertz CT molecular complexity index is 1540. The quantitative estimate of drug-likeness (QED) is 0.390. The summed E-state index contributed by atoms with van der Waals surface area (Å²) in [5.41, 5.74) is -3.06. The molecule has 1 unspecified atom stereocenters. The van der Waals surface area contributed by atoms with Gasteiger partial charge in [0.25, 0.3) is 5.91 Å². The highest BCUT2D eigenvalue weighted by atomic mass is 35.5. The minimum absolute atomic E-state index is 0.0214. The van der Waals surface area contributed by atoms with Crippen molar-refractivity contribution in [3.8, 4) is 6.07 Å². The molecule has 0 aromatic heterocycles. The van der Waals surface area contributed by atoms with Gasteiger partial charge in [0.05, 0.1) is 21.7 Å². The lowest BCUT2D eigenvalue weighted by molar-refractivity contribution is -0.142. The van der Waals surface area contributed by atoms with Crippen LogP contribution in [0.3, 0.4) is 0 Å². The summed E-state index contributed by atoms with van der Waals surface area (Å²) in [5, 5.41) is 24.0. The van der Waals surface area contributed by atoms with Crippen molar-refractivity contribution < 1.29 is 31.5 Å². The van der Waals surface area contributed by atoms with Gasteiger partial charge in [0.15, 0.2) is 0 Å². The van der Waals surface area contributed by atoms with Crippen LogP contribution in [0.25, 0.3) is 0 Å². The number of piperidine rings is 1. The number of hydrogen-bond acceptors (Lipinski definition) is 5. The number of anilines is 1. The fourth-order valence-electron chi connectivity index (χ4n) is 4.82. The number of rotatable bonds is 7. The van der Waals surface area contributed by atoms with Crippen molar-refractivity contribution in [2.24, 2.45) is 5.92 Å². The Kier molecular flexibility index (Phi) is 8.56. The van der Waals surface area contributed by atoms with Gasteiger partial charge in [-0.05, 0) is 60.7 Å². The smallest absolute Gasteiger partial charge is 0.379 e. The van der Waals surface area contributed by atoms with Crippen molar-refractivity contribution in [1.82, 2.24) is 4.31 Å². The third-order valence-corrected chi connectivity index (χ3v) is 9.12. The number of benzene rings is 3. The summed E-state index contributed by atoms with van der Waals surface area (Å²) in [6.45, 7) is 0.0429. The number of nitrogens with one attached hydrogen (secondary N) is 1. The Balaban J connectivity index is 1.60. The molecular formula is C28H25ClF3N3O4S. The van der Waals surface area contributed by atoms with Crippen LogP contribution in [0.2, 0.25) is 5.02 Å². The highest BCUT2D eigenvalue weighted by molar-refractivity contribution is 7.89. The van der Waals surface area contributed by atoms with Gasteiger partial charge < -0.3 is 10.4 Å². The van der Waals surface area contributed by atoms with E-state index < -0.39 is 44.8 Å². The molecule has 0 spiro atoms. The average Bonchev–Trinajstić information content (AvgIpc) is 2.93. The molecule has 1 saturated heterocycles. The first kappa shape index (κ1) is 29.6. The molecule has 40 heavy (non-hydrogen) atoms. The van der Waals surface area contributed by atoms with Crippen molar-refractivity contribution in [2.45, 2.75) is 35.9 Å². The molecule has 4 rings (SSSR count). The van der Waals surface area contributed by atoms with Gasteiger partial charge in [-0.2, -0.15) is 22.7 Å². The van der Waals surface area contributed by atoms with E-state index in [2.05, 4.69) is 5.32 Å². The maximum absolute atomic E-state index is 13.6. The van der Waals surface area contributed by atoms with Crippen LogP contribution in [0.4, 0.5) is 18.9 Å². The van der Waals surface area contributed by atoms with Gasteiger partial charge in [-0.3, -0.25) is 4.79 Å². The van der Waals surface area contributed by atoms with Crippen LogP contribution < -0.4 is 5.32 Å². The van der Waals surface area contributed by atoms with Crippen molar-refractivity contribution in [2.75, 3.05) is 18.4 Å².